The van der Waals surface area contributed by atoms with Gasteiger partial charge in [0.1, 0.15) is 17.2 Å². The normalized spacial score (nSPS) is 11.7. The van der Waals surface area contributed by atoms with Crippen LogP contribution in [-0.4, -0.2) is 42.6 Å². The van der Waals surface area contributed by atoms with E-state index in [9.17, 15) is 26.4 Å². The molecule has 0 aliphatic rings. The summed E-state index contributed by atoms with van der Waals surface area (Å²) < 4.78 is 65.5. The Kier molecular flexibility index (Phi) is 7.14. The average Bonchev–Trinajstić information content (AvgIpc) is 2.76. The summed E-state index contributed by atoms with van der Waals surface area (Å²) in [6.45, 7) is 1.46. The molecule has 35 heavy (non-hydrogen) atoms. The number of halogens is 3. The van der Waals surface area contributed by atoms with Crippen molar-refractivity contribution in [3.05, 3.63) is 65.0 Å². The van der Waals surface area contributed by atoms with E-state index in [-0.39, 0.29) is 18.3 Å². The second-order valence-electron chi connectivity index (χ2n) is 7.54. The zero-order valence-corrected chi connectivity index (χ0v) is 19.7. The van der Waals surface area contributed by atoms with Crippen LogP contribution in [0.2, 0.25) is 0 Å². The number of hydrogen-bond donors (Lipinski definition) is 3. The number of hydrogen-bond acceptors (Lipinski definition) is 8. The van der Waals surface area contributed by atoms with Gasteiger partial charge in [-0.25, -0.2) is 18.4 Å². The molecule has 0 spiro atoms. The van der Waals surface area contributed by atoms with Crippen LogP contribution in [0.1, 0.15) is 27.0 Å². The first kappa shape index (κ1) is 25.7. The number of nitrogens with one attached hydrogen (secondary N) is 2. The summed E-state index contributed by atoms with van der Waals surface area (Å²) >= 11 is 0. The van der Waals surface area contributed by atoms with Crippen molar-refractivity contribution < 1.29 is 26.4 Å². The van der Waals surface area contributed by atoms with E-state index in [0.717, 1.165) is 10.6 Å². The van der Waals surface area contributed by atoms with Gasteiger partial charge in [-0.2, -0.15) is 18.2 Å². The molecule has 1 aromatic carbocycles. The predicted octanol–water partition coefficient (Wildman–Crippen LogP) is 3.05. The van der Waals surface area contributed by atoms with Gasteiger partial charge >= 0.3 is 6.18 Å². The Morgan fingerprint density at radius 2 is 1.91 bits per heavy atom. The summed E-state index contributed by atoms with van der Waals surface area (Å²) in [5, 5.41) is 5.41. The summed E-state index contributed by atoms with van der Waals surface area (Å²) in [5.74, 6) is -1.19. The number of aromatic nitrogens is 3. The minimum Gasteiger partial charge on any atom is -0.366 e. The molecule has 2 heterocycles. The van der Waals surface area contributed by atoms with Gasteiger partial charge in [-0.1, -0.05) is 6.07 Å². The monoisotopic (exact) mass is 509 g/mol. The van der Waals surface area contributed by atoms with Gasteiger partial charge in [0.2, 0.25) is 21.9 Å². The number of carbonyl (C=O) groups is 1. The van der Waals surface area contributed by atoms with Crippen LogP contribution in [0, 0.1) is 6.92 Å². The minimum atomic E-state index is -4.75. The molecule has 4 N–H and O–H groups in total. The number of amides is 1. The number of nitrogens with zero attached hydrogens (tertiary/aromatic N) is 4. The van der Waals surface area contributed by atoms with E-state index in [4.69, 9.17) is 5.73 Å². The number of aryl methyl sites for hydroxylation is 1. The largest absolute Gasteiger partial charge is 0.421 e. The van der Waals surface area contributed by atoms with Gasteiger partial charge in [-0.05, 0) is 36.8 Å². The molecule has 0 saturated heterocycles. The zero-order valence-electron chi connectivity index (χ0n) is 18.9. The van der Waals surface area contributed by atoms with Crippen LogP contribution in [0.5, 0.6) is 0 Å². The number of anilines is 4. The minimum absolute atomic E-state index is 0.0634. The van der Waals surface area contributed by atoms with Crippen LogP contribution in [0.3, 0.4) is 0 Å². The zero-order chi connectivity index (χ0) is 26.0. The second-order valence-corrected chi connectivity index (χ2v) is 9.56. The lowest BCUT2D eigenvalue weighted by Crippen LogP contribution is -2.27. The molecular formula is C21H22F3N7O3S. The van der Waals surface area contributed by atoms with Crippen molar-refractivity contribution in [2.75, 3.05) is 28.2 Å². The first-order valence-electron chi connectivity index (χ1n) is 10.0. The molecule has 3 rings (SSSR count). The quantitative estimate of drug-likeness (QED) is 0.420. The molecule has 0 bridgehead atoms. The van der Waals surface area contributed by atoms with Crippen LogP contribution in [-0.2, 0) is 22.7 Å². The van der Waals surface area contributed by atoms with E-state index in [0.29, 0.717) is 28.6 Å². The molecule has 10 nitrogen and oxygen atoms in total. The predicted molar refractivity (Wildman–Crippen MR) is 125 cm³/mol. The van der Waals surface area contributed by atoms with Crippen LogP contribution >= 0.6 is 0 Å². The van der Waals surface area contributed by atoms with Gasteiger partial charge in [0.25, 0.3) is 0 Å². The summed E-state index contributed by atoms with van der Waals surface area (Å²) in [5.41, 5.74) is 5.81. The van der Waals surface area contributed by atoms with Gasteiger partial charge in [-0.15, -0.1) is 0 Å². The summed E-state index contributed by atoms with van der Waals surface area (Å²) in [6.07, 6.45) is -1.75. The van der Waals surface area contributed by atoms with Gasteiger partial charge in [0, 0.05) is 42.8 Å². The topological polar surface area (TPSA) is 143 Å². The van der Waals surface area contributed by atoms with Crippen LogP contribution in [0.25, 0.3) is 0 Å². The maximum atomic E-state index is 13.6. The highest BCUT2D eigenvalue weighted by atomic mass is 32.2. The van der Waals surface area contributed by atoms with Crippen LogP contribution < -0.4 is 20.7 Å². The fourth-order valence-electron chi connectivity index (χ4n) is 3.12. The molecule has 14 heteroatoms. The van der Waals surface area contributed by atoms with E-state index >= 15 is 0 Å². The third-order valence-corrected chi connectivity index (χ3v) is 6.12. The highest BCUT2D eigenvalue weighted by molar-refractivity contribution is 7.92. The van der Waals surface area contributed by atoms with E-state index in [2.05, 4.69) is 25.6 Å². The van der Waals surface area contributed by atoms with Gasteiger partial charge in [0.05, 0.1) is 6.26 Å². The summed E-state index contributed by atoms with van der Waals surface area (Å²) in [6, 6.07) is 7.65. The average molecular weight is 510 g/mol. The Labute approximate surface area is 199 Å². The Bertz CT molecular complexity index is 1360. The Balaban J connectivity index is 1.92. The number of benzene rings is 1. The van der Waals surface area contributed by atoms with Crippen molar-refractivity contribution in [1.82, 2.24) is 15.0 Å². The standard InChI is InChI=1S/C21H22F3N7O3S/c1-12-9-14(6-7-15(12)17(25)32)29-20-28-11-16(21(22,23)24)18(30-20)27-10-13-5-4-8-26-19(13)31(2)35(3,33)34/h4-9,11H,10H2,1-3H3,(H2,25,32)(H2,27,28,29,30). The highest BCUT2D eigenvalue weighted by Gasteiger charge is 2.35. The molecule has 3 aromatic rings. The molecule has 0 atom stereocenters. The molecule has 0 fully saturated rings. The third-order valence-electron chi connectivity index (χ3n) is 4.95. The lowest BCUT2D eigenvalue weighted by atomic mass is 10.1. The summed E-state index contributed by atoms with van der Waals surface area (Å²) in [4.78, 5) is 23.1. The van der Waals surface area contributed by atoms with Crippen molar-refractivity contribution >= 4 is 39.2 Å². The van der Waals surface area contributed by atoms with E-state index < -0.39 is 33.5 Å². The first-order valence-corrected chi connectivity index (χ1v) is 11.9. The number of alkyl halides is 3. The van der Waals surface area contributed by atoms with Crippen molar-refractivity contribution in [3.8, 4) is 0 Å². The van der Waals surface area contributed by atoms with Crippen molar-refractivity contribution in [3.63, 3.8) is 0 Å². The van der Waals surface area contributed by atoms with E-state index in [1.54, 1.807) is 13.0 Å². The third kappa shape index (κ3) is 6.15. The number of primary amides is 1. The number of sulfonamides is 1. The van der Waals surface area contributed by atoms with Crippen LogP contribution in [0.15, 0.2) is 42.7 Å². The number of carbonyl (C=O) groups excluding carboxylic acids is 1. The maximum absolute atomic E-state index is 13.6. The smallest absolute Gasteiger partial charge is 0.366 e. The SMILES string of the molecule is Cc1cc(Nc2ncc(C(F)(F)F)c(NCc3cccnc3N(C)S(C)(=O)=O)n2)ccc1C(N)=O. The molecule has 0 radical (unpaired) electrons. The number of nitrogens with two attached hydrogens (primary N) is 1. The first-order chi connectivity index (χ1) is 16.3. The molecule has 186 valence electrons. The molecule has 0 saturated carbocycles. The fourth-order valence-corrected chi connectivity index (χ4v) is 3.60. The molecule has 1 amide bonds. The van der Waals surface area contributed by atoms with Crippen molar-refractivity contribution in [1.29, 1.82) is 0 Å². The molecule has 2 aromatic heterocycles. The van der Waals surface area contributed by atoms with Gasteiger partial charge < -0.3 is 16.4 Å². The van der Waals surface area contributed by atoms with Gasteiger partial charge in [-0.3, -0.25) is 9.10 Å². The van der Waals surface area contributed by atoms with E-state index in [1.165, 1.54) is 37.5 Å². The Hall–Kier alpha value is -3.94. The second kappa shape index (κ2) is 9.74. The molecule has 0 unspecified atom stereocenters. The van der Waals surface area contributed by atoms with Crippen molar-refractivity contribution in [2.45, 2.75) is 19.6 Å². The number of pyridine rings is 1. The summed E-state index contributed by atoms with van der Waals surface area (Å²) in [7, 11) is -2.36. The number of rotatable bonds is 8. The lowest BCUT2D eigenvalue weighted by Gasteiger charge is -2.20. The fraction of sp³-hybridized carbons (Fsp3) is 0.238. The molecule has 0 aliphatic carbocycles. The van der Waals surface area contributed by atoms with Crippen LogP contribution in [0.4, 0.5) is 36.4 Å². The highest BCUT2D eigenvalue weighted by Crippen LogP contribution is 2.34. The molecular weight excluding hydrogens is 487 g/mol. The van der Waals surface area contributed by atoms with Gasteiger partial charge in [0.15, 0.2) is 0 Å². The maximum Gasteiger partial charge on any atom is 0.421 e. The Morgan fingerprint density at radius 1 is 1.20 bits per heavy atom. The Morgan fingerprint density at radius 3 is 2.51 bits per heavy atom. The van der Waals surface area contributed by atoms with E-state index in [1.807, 2.05) is 0 Å². The lowest BCUT2D eigenvalue weighted by molar-refractivity contribution is -0.137. The van der Waals surface area contributed by atoms with Crippen molar-refractivity contribution in [2.24, 2.45) is 5.73 Å². The molecule has 0 aliphatic heterocycles.